The lowest BCUT2D eigenvalue weighted by Crippen LogP contribution is -2.60. The molecule has 7 atom stereocenters. The van der Waals surface area contributed by atoms with Gasteiger partial charge in [-0.05, 0) is 58.7 Å². The van der Waals surface area contributed by atoms with E-state index in [9.17, 15) is 65.1 Å². The number of ether oxygens (including phenoxy) is 2. The Kier molecular flexibility index (Phi) is 8.04. The molecule has 262 valence electrons. The summed E-state index contributed by atoms with van der Waals surface area (Å²) in [6.45, 7) is -0.775. The summed E-state index contributed by atoms with van der Waals surface area (Å²) < 4.78 is 11.4. The number of fused-ring (bicyclic) bond motifs is 4. The molecule has 1 saturated heterocycles. The van der Waals surface area contributed by atoms with Crippen molar-refractivity contribution in [3.8, 4) is 23.0 Å². The Morgan fingerprint density at radius 1 is 0.627 bits per heavy atom. The number of hydrogen-bond donors (Lipinski definition) is 9. The number of phenols is 3. The Morgan fingerprint density at radius 2 is 1.12 bits per heavy atom. The smallest absolute Gasteiger partial charge is 0.335 e. The fourth-order valence-corrected chi connectivity index (χ4v) is 7.34. The third-order valence-corrected chi connectivity index (χ3v) is 9.60. The van der Waals surface area contributed by atoms with Crippen molar-refractivity contribution in [2.75, 3.05) is 6.61 Å². The Bertz CT molecular complexity index is 2170. The zero-order chi connectivity index (χ0) is 36.6. The summed E-state index contributed by atoms with van der Waals surface area (Å²) >= 11 is 0. The molecule has 0 saturated carbocycles. The average molecular weight is 701 g/mol. The molecule has 15 nitrogen and oxygen atoms in total. The molecule has 0 bridgehead atoms. The second-order valence-corrected chi connectivity index (χ2v) is 12.4. The first-order valence-electron chi connectivity index (χ1n) is 15.5. The number of aromatic carboxylic acids is 2. The van der Waals surface area contributed by atoms with Crippen molar-refractivity contribution in [2.24, 2.45) is 0 Å². The van der Waals surface area contributed by atoms with Gasteiger partial charge in [-0.2, -0.15) is 0 Å². The van der Waals surface area contributed by atoms with E-state index in [4.69, 9.17) is 9.47 Å². The van der Waals surface area contributed by atoms with Gasteiger partial charge in [0.1, 0.15) is 47.4 Å². The van der Waals surface area contributed by atoms with Gasteiger partial charge >= 0.3 is 11.9 Å². The third kappa shape index (κ3) is 5.09. The van der Waals surface area contributed by atoms with E-state index in [1.807, 2.05) is 0 Å². The average Bonchev–Trinajstić information content (AvgIpc) is 3.08. The first-order valence-corrected chi connectivity index (χ1v) is 15.5. The maximum atomic E-state index is 14.4. The number of carboxylic acid groups (broad SMARTS) is 2. The maximum Gasteiger partial charge on any atom is 0.335 e. The molecular formula is C36H28O15. The predicted octanol–water partition coefficient (Wildman–Crippen LogP) is 1.43. The summed E-state index contributed by atoms with van der Waals surface area (Å²) in [5.74, 6) is -9.35. The van der Waals surface area contributed by atoms with Crippen LogP contribution in [0.3, 0.4) is 0 Å². The molecular weight excluding hydrogens is 672 g/mol. The van der Waals surface area contributed by atoms with Gasteiger partial charge in [-0.3, -0.25) is 9.59 Å². The van der Waals surface area contributed by atoms with Crippen LogP contribution in [0.25, 0.3) is 0 Å². The van der Waals surface area contributed by atoms with Crippen molar-refractivity contribution >= 4 is 23.5 Å². The SMILES string of the molecule is O=C(O)c1cc(O)c2c(c1)[C@H]([C@H]1c3cc(C(=O)O)cc(O)c3C(=O)c3c(O[C@@H]4O[C@@H](CO)[C@@H](O)[C@@H](O)[C@H]4O)cccc31)c1cccc(O)c1C2=O. The van der Waals surface area contributed by atoms with Gasteiger partial charge < -0.3 is 55.4 Å². The van der Waals surface area contributed by atoms with Crippen molar-refractivity contribution in [1.29, 1.82) is 0 Å². The van der Waals surface area contributed by atoms with Gasteiger partial charge in [0.15, 0.2) is 0 Å². The molecule has 51 heavy (non-hydrogen) atoms. The molecule has 1 fully saturated rings. The number of carbonyl (C=O) groups excluding carboxylic acids is 2. The van der Waals surface area contributed by atoms with Crippen molar-refractivity contribution < 1.29 is 74.6 Å². The third-order valence-electron chi connectivity index (χ3n) is 9.60. The van der Waals surface area contributed by atoms with Crippen molar-refractivity contribution in [3.05, 3.63) is 116 Å². The van der Waals surface area contributed by atoms with Crippen LogP contribution >= 0.6 is 0 Å². The quantitative estimate of drug-likeness (QED) is 0.138. The maximum absolute atomic E-state index is 14.4. The second kappa shape index (κ2) is 12.2. The van der Waals surface area contributed by atoms with E-state index < -0.39 is 101 Å². The standard InChI is InChI=1S/C36H28O15/c37-11-22-29(41)32(44)33(45)36(51-22)50-21-6-2-4-15-24(17-8-13(35(48)49)10-20(40)27(17)31(43)28(15)21)23-14-3-1-5-18(38)25(14)30(42)26-16(23)7-12(34(46)47)9-19(26)39/h1-10,22-24,29,32-33,36-41,44-45H,11H2,(H,46,47)(H,48,49)/t22-,23+,24+,29+,32+,33+,36+/m0/s1. The van der Waals surface area contributed by atoms with Crippen molar-refractivity contribution in [2.45, 2.75) is 42.5 Å². The minimum absolute atomic E-state index is 0.0489. The lowest BCUT2D eigenvalue weighted by atomic mass is 9.63. The molecule has 9 N–H and O–H groups in total. The molecule has 2 aliphatic carbocycles. The number of aliphatic hydroxyl groups excluding tert-OH is 4. The fraction of sp³-hybridized carbons (Fsp3) is 0.222. The monoisotopic (exact) mass is 700 g/mol. The van der Waals surface area contributed by atoms with Gasteiger partial charge in [-0.25, -0.2) is 9.59 Å². The van der Waals surface area contributed by atoms with Crippen LogP contribution in [-0.2, 0) is 4.74 Å². The topological polar surface area (TPSA) is 269 Å². The van der Waals surface area contributed by atoms with Crippen LogP contribution in [0.1, 0.15) is 86.6 Å². The highest BCUT2D eigenvalue weighted by Crippen LogP contribution is 2.56. The Balaban J connectivity index is 1.52. The molecule has 4 aromatic carbocycles. The number of benzene rings is 4. The van der Waals surface area contributed by atoms with Crippen LogP contribution in [0.15, 0.2) is 60.7 Å². The van der Waals surface area contributed by atoms with Crippen LogP contribution in [0, 0.1) is 0 Å². The molecule has 7 rings (SSSR count). The Labute approximate surface area is 286 Å². The predicted molar refractivity (Wildman–Crippen MR) is 170 cm³/mol. The summed E-state index contributed by atoms with van der Waals surface area (Å²) in [6, 6.07) is 12.3. The molecule has 1 aliphatic heterocycles. The minimum atomic E-state index is -1.88. The molecule has 1 heterocycles. The molecule has 15 heteroatoms. The number of aliphatic hydroxyl groups is 4. The molecule has 0 spiro atoms. The highest BCUT2D eigenvalue weighted by molar-refractivity contribution is 6.18. The van der Waals surface area contributed by atoms with E-state index >= 15 is 0 Å². The van der Waals surface area contributed by atoms with E-state index in [0.29, 0.717) is 0 Å². The van der Waals surface area contributed by atoms with Gasteiger partial charge in [0, 0.05) is 11.8 Å². The fourth-order valence-electron chi connectivity index (χ4n) is 7.34. The number of phenolic OH excluding ortho intramolecular Hbond substituents is 3. The van der Waals surface area contributed by atoms with Crippen LogP contribution in [0.4, 0.5) is 0 Å². The van der Waals surface area contributed by atoms with Gasteiger partial charge in [-0.15, -0.1) is 0 Å². The highest BCUT2D eigenvalue weighted by Gasteiger charge is 2.48. The number of rotatable bonds is 6. The molecule has 0 unspecified atom stereocenters. The van der Waals surface area contributed by atoms with Gasteiger partial charge in [0.05, 0.1) is 40.0 Å². The molecule has 3 aliphatic rings. The van der Waals surface area contributed by atoms with E-state index in [1.165, 1.54) is 36.4 Å². The van der Waals surface area contributed by atoms with Gasteiger partial charge in [0.2, 0.25) is 17.9 Å². The summed E-state index contributed by atoms with van der Waals surface area (Å²) in [7, 11) is 0. The van der Waals surface area contributed by atoms with E-state index in [0.717, 1.165) is 24.3 Å². The highest BCUT2D eigenvalue weighted by atomic mass is 16.7. The molecule has 4 aromatic rings. The van der Waals surface area contributed by atoms with E-state index in [-0.39, 0.29) is 50.3 Å². The lowest BCUT2D eigenvalue weighted by Gasteiger charge is -2.41. The van der Waals surface area contributed by atoms with Crippen LogP contribution in [0.5, 0.6) is 23.0 Å². The molecule has 0 aromatic heterocycles. The number of ketones is 2. The normalized spacial score (nSPS) is 24.9. The summed E-state index contributed by atoms with van der Waals surface area (Å²) in [5, 5.41) is 94.1. The summed E-state index contributed by atoms with van der Waals surface area (Å²) in [5.41, 5.74) is -1.98. The molecule has 0 amide bonds. The van der Waals surface area contributed by atoms with Crippen LogP contribution in [0.2, 0.25) is 0 Å². The Hall–Kier alpha value is -5.84. The van der Waals surface area contributed by atoms with Crippen LogP contribution < -0.4 is 4.74 Å². The zero-order valence-electron chi connectivity index (χ0n) is 26.0. The zero-order valence-corrected chi connectivity index (χ0v) is 26.0. The first kappa shape index (κ1) is 33.6. The van der Waals surface area contributed by atoms with Gasteiger partial charge in [-0.1, -0.05) is 24.3 Å². The largest absolute Gasteiger partial charge is 0.507 e. The minimum Gasteiger partial charge on any atom is -0.507 e. The van der Waals surface area contributed by atoms with Crippen molar-refractivity contribution in [1.82, 2.24) is 0 Å². The number of aromatic hydroxyl groups is 3. The number of carboxylic acids is 2. The number of hydrogen-bond acceptors (Lipinski definition) is 13. The van der Waals surface area contributed by atoms with Gasteiger partial charge in [0.25, 0.3) is 0 Å². The first-order chi connectivity index (χ1) is 24.2. The second-order valence-electron chi connectivity index (χ2n) is 12.4. The van der Waals surface area contributed by atoms with E-state index in [2.05, 4.69) is 0 Å². The van der Waals surface area contributed by atoms with Crippen LogP contribution in [-0.4, -0.2) is 107 Å². The summed E-state index contributed by atoms with van der Waals surface area (Å²) in [6.07, 6.45) is -8.55. The summed E-state index contributed by atoms with van der Waals surface area (Å²) in [4.78, 5) is 52.6. The van der Waals surface area contributed by atoms with E-state index in [1.54, 1.807) is 0 Å². The molecule has 0 radical (unpaired) electrons. The Morgan fingerprint density at radius 3 is 1.65 bits per heavy atom. The lowest BCUT2D eigenvalue weighted by molar-refractivity contribution is -0.277. The van der Waals surface area contributed by atoms with Crippen molar-refractivity contribution in [3.63, 3.8) is 0 Å². The number of carbonyl (C=O) groups is 4.